The van der Waals surface area contributed by atoms with E-state index in [9.17, 15) is 4.79 Å². The average molecular weight is 324 g/mol. The summed E-state index contributed by atoms with van der Waals surface area (Å²) in [7, 11) is 0. The van der Waals surface area contributed by atoms with E-state index in [-0.39, 0.29) is 5.97 Å². The normalized spacial score (nSPS) is 13.9. The van der Waals surface area contributed by atoms with Gasteiger partial charge in [0.1, 0.15) is 4.88 Å². The molecular weight excluding hydrogens is 308 g/mol. The van der Waals surface area contributed by atoms with E-state index in [0.29, 0.717) is 23.2 Å². The predicted octanol–water partition coefficient (Wildman–Crippen LogP) is 4.09. The van der Waals surface area contributed by atoms with Crippen molar-refractivity contribution in [3.8, 4) is 5.88 Å². The van der Waals surface area contributed by atoms with Gasteiger partial charge < -0.3 is 4.74 Å². The highest BCUT2D eigenvalue weighted by Gasteiger charge is 2.28. The van der Waals surface area contributed by atoms with Crippen LogP contribution in [0.3, 0.4) is 0 Å². The Morgan fingerprint density at radius 2 is 2.04 bits per heavy atom. The molecule has 1 aromatic carbocycles. The van der Waals surface area contributed by atoms with E-state index in [0.717, 1.165) is 11.3 Å². The third kappa shape index (κ3) is 3.19. The Hall–Kier alpha value is -2.40. The second kappa shape index (κ2) is 6.01. The maximum Gasteiger partial charge on any atom is 0.355 e. The fourth-order valence-electron chi connectivity index (χ4n) is 2.49. The van der Waals surface area contributed by atoms with Crippen LogP contribution in [0.5, 0.6) is 5.88 Å². The second-order valence-electron chi connectivity index (χ2n) is 5.69. The summed E-state index contributed by atoms with van der Waals surface area (Å²) in [6.45, 7) is 0.598. The zero-order valence-electron chi connectivity index (χ0n) is 12.5. The minimum atomic E-state index is -0.323. The van der Waals surface area contributed by atoms with Gasteiger partial charge in [0.05, 0.1) is 12.2 Å². The number of hydrogen-bond acceptors (Lipinski definition) is 4. The maximum atomic E-state index is 12.2. The number of ether oxygens (including phenoxy) is 1. The second-order valence-corrected chi connectivity index (χ2v) is 6.64. The first-order valence-corrected chi connectivity index (χ1v) is 8.55. The molecule has 0 unspecified atom stereocenters. The van der Waals surface area contributed by atoms with Crippen molar-refractivity contribution in [1.29, 1.82) is 0 Å². The summed E-state index contributed by atoms with van der Waals surface area (Å²) in [4.78, 5) is 12.8. The van der Waals surface area contributed by atoms with Gasteiger partial charge in [-0.1, -0.05) is 36.4 Å². The molecule has 0 atom stereocenters. The summed E-state index contributed by atoms with van der Waals surface area (Å²) in [6.07, 6.45) is 2.33. The topological polar surface area (TPSA) is 44.1 Å². The van der Waals surface area contributed by atoms with Gasteiger partial charge in [-0.2, -0.15) is 5.10 Å². The van der Waals surface area contributed by atoms with Crippen molar-refractivity contribution >= 4 is 17.3 Å². The Balaban J connectivity index is 1.60. The van der Waals surface area contributed by atoms with E-state index in [2.05, 4.69) is 5.10 Å². The van der Waals surface area contributed by atoms with Gasteiger partial charge in [0.25, 0.3) is 0 Å². The summed E-state index contributed by atoms with van der Waals surface area (Å²) in [5.74, 6) is 0.719. The monoisotopic (exact) mass is 324 g/mol. The molecule has 1 fully saturated rings. The Labute approximate surface area is 138 Å². The largest absolute Gasteiger partial charge is 0.404 e. The Kier molecular flexibility index (Phi) is 3.71. The first-order valence-electron chi connectivity index (χ1n) is 7.67. The zero-order valence-corrected chi connectivity index (χ0v) is 13.3. The zero-order chi connectivity index (χ0) is 15.6. The molecule has 116 valence electrons. The minimum Gasteiger partial charge on any atom is -0.404 e. The molecule has 0 saturated heterocycles. The van der Waals surface area contributed by atoms with Gasteiger partial charge in [-0.3, -0.25) is 0 Å². The molecule has 0 bridgehead atoms. The molecule has 0 N–H and O–H groups in total. The molecule has 23 heavy (non-hydrogen) atoms. The van der Waals surface area contributed by atoms with Crippen LogP contribution in [-0.2, 0) is 6.54 Å². The maximum absolute atomic E-state index is 12.2. The lowest BCUT2D eigenvalue weighted by atomic mass is 10.2. The van der Waals surface area contributed by atoms with Crippen LogP contribution in [0.2, 0.25) is 0 Å². The molecule has 0 spiro atoms. The van der Waals surface area contributed by atoms with E-state index >= 15 is 0 Å². The molecule has 0 aliphatic heterocycles. The number of aromatic nitrogens is 2. The quantitative estimate of drug-likeness (QED) is 0.664. The molecule has 3 aromatic rings. The van der Waals surface area contributed by atoms with E-state index in [4.69, 9.17) is 4.74 Å². The number of hydrogen-bond donors (Lipinski definition) is 0. The number of benzene rings is 1. The lowest BCUT2D eigenvalue weighted by molar-refractivity contribution is 0.0724. The molecule has 0 radical (unpaired) electrons. The SMILES string of the molecule is O=C(Oc1cc(C2CC2)nn1Cc1ccccc1)c1cccs1. The molecule has 1 aliphatic carbocycles. The summed E-state index contributed by atoms with van der Waals surface area (Å²) in [6, 6.07) is 15.6. The third-order valence-electron chi connectivity index (χ3n) is 3.85. The molecule has 5 heteroatoms. The van der Waals surface area contributed by atoms with E-state index < -0.39 is 0 Å². The summed E-state index contributed by atoms with van der Waals surface area (Å²) < 4.78 is 7.38. The van der Waals surface area contributed by atoms with E-state index in [1.807, 2.05) is 47.8 Å². The van der Waals surface area contributed by atoms with Gasteiger partial charge >= 0.3 is 5.97 Å². The van der Waals surface area contributed by atoms with Crippen LogP contribution in [0.25, 0.3) is 0 Å². The van der Waals surface area contributed by atoms with Crippen molar-refractivity contribution in [3.63, 3.8) is 0 Å². The molecule has 4 rings (SSSR count). The molecule has 2 aromatic heterocycles. The van der Waals surface area contributed by atoms with Crippen molar-refractivity contribution in [2.45, 2.75) is 25.3 Å². The Bertz CT molecular complexity index is 805. The number of rotatable bonds is 5. The van der Waals surface area contributed by atoms with Gasteiger partial charge in [0.15, 0.2) is 0 Å². The van der Waals surface area contributed by atoms with Gasteiger partial charge in [-0.05, 0) is 29.9 Å². The highest BCUT2D eigenvalue weighted by Crippen LogP contribution is 2.40. The Morgan fingerprint density at radius 1 is 1.22 bits per heavy atom. The fraction of sp³-hybridized carbons (Fsp3) is 0.222. The number of nitrogens with zero attached hydrogens (tertiary/aromatic N) is 2. The highest BCUT2D eigenvalue weighted by molar-refractivity contribution is 7.12. The van der Waals surface area contributed by atoms with Crippen LogP contribution < -0.4 is 4.74 Å². The Morgan fingerprint density at radius 3 is 2.74 bits per heavy atom. The number of carbonyl (C=O) groups is 1. The van der Waals surface area contributed by atoms with Gasteiger partial charge in [-0.25, -0.2) is 9.48 Å². The van der Waals surface area contributed by atoms with E-state index in [1.165, 1.54) is 24.2 Å². The molecule has 1 aliphatic rings. The number of thiophene rings is 1. The molecule has 1 saturated carbocycles. The molecule has 0 amide bonds. The van der Waals surface area contributed by atoms with Crippen molar-refractivity contribution < 1.29 is 9.53 Å². The standard InChI is InChI=1S/C18H16N2O2S/c21-18(16-7-4-10-23-16)22-17-11-15(14-8-9-14)19-20(17)12-13-5-2-1-3-6-13/h1-7,10-11,14H,8-9,12H2. The van der Waals surface area contributed by atoms with Crippen molar-refractivity contribution in [2.75, 3.05) is 0 Å². The van der Waals surface area contributed by atoms with E-state index in [1.54, 1.807) is 10.7 Å². The lowest BCUT2D eigenvalue weighted by Gasteiger charge is -2.07. The molecule has 2 heterocycles. The third-order valence-corrected chi connectivity index (χ3v) is 4.70. The summed E-state index contributed by atoms with van der Waals surface area (Å²) in [5.41, 5.74) is 2.15. The van der Waals surface area contributed by atoms with Crippen LogP contribution in [0, 0.1) is 0 Å². The van der Waals surface area contributed by atoms with Crippen molar-refractivity contribution in [1.82, 2.24) is 9.78 Å². The van der Waals surface area contributed by atoms with Crippen molar-refractivity contribution in [2.24, 2.45) is 0 Å². The summed E-state index contributed by atoms with van der Waals surface area (Å²) in [5, 5.41) is 6.51. The average Bonchev–Trinajstić information content (AvgIpc) is 3.12. The molecular formula is C18H16N2O2S. The minimum absolute atomic E-state index is 0.323. The highest BCUT2D eigenvalue weighted by atomic mass is 32.1. The van der Waals surface area contributed by atoms with Crippen LogP contribution in [0.15, 0.2) is 53.9 Å². The first kappa shape index (κ1) is 14.2. The number of esters is 1. The fourth-order valence-corrected chi connectivity index (χ4v) is 3.09. The van der Waals surface area contributed by atoms with Crippen molar-refractivity contribution in [3.05, 3.63) is 70.0 Å². The van der Waals surface area contributed by atoms with Crippen LogP contribution in [0.4, 0.5) is 0 Å². The van der Waals surface area contributed by atoms with Gasteiger partial charge in [0.2, 0.25) is 5.88 Å². The van der Waals surface area contributed by atoms with Crippen LogP contribution in [0.1, 0.15) is 39.7 Å². The number of carbonyl (C=O) groups excluding carboxylic acids is 1. The van der Waals surface area contributed by atoms with Crippen LogP contribution >= 0.6 is 11.3 Å². The first-order chi connectivity index (χ1) is 11.3. The van der Waals surface area contributed by atoms with Gasteiger partial charge in [-0.15, -0.1) is 11.3 Å². The lowest BCUT2D eigenvalue weighted by Crippen LogP contribution is -2.11. The summed E-state index contributed by atoms with van der Waals surface area (Å²) >= 11 is 1.38. The predicted molar refractivity (Wildman–Crippen MR) is 89.0 cm³/mol. The smallest absolute Gasteiger partial charge is 0.355 e. The molecule has 4 nitrogen and oxygen atoms in total. The van der Waals surface area contributed by atoms with Gasteiger partial charge in [0, 0.05) is 12.0 Å². The van der Waals surface area contributed by atoms with Crippen LogP contribution in [-0.4, -0.2) is 15.7 Å².